The lowest BCUT2D eigenvalue weighted by molar-refractivity contribution is 0.573. The van der Waals surface area contributed by atoms with Gasteiger partial charge in [-0.15, -0.1) is 0 Å². The number of nitrogens with two attached hydrogens (primary N) is 1. The molecule has 4 nitrogen and oxygen atoms in total. The Hall–Kier alpha value is -1.81. The lowest BCUT2D eigenvalue weighted by Crippen LogP contribution is -2.25. The standard InChI is InChI=1S/C14H19N3O/c1-10(2)16-8-9-17(14(16)18)13-7-5-4-6-12(13)11(3)15/h4-11H,15H2,1-3H3. The minimum atomic E-state index is -0.101. The Morgan fingerprint density at radius 3 is 2.33 bits per heavy atom. The van der Waals surface area contributed by atoms with Gasteiger partial charge in [0.05, 0.1) is 5.69 Å². The van der Waals surface area contributed by atoms with Gasteiger partial charge in [-0.25, -0.2) is 4.79 Å². The first kappa shape index (κ1) is 12.6. The molecule has 0 aliphatic rings. The van der Waals surface area contributed by atoms with Gasteiger partial charge in [-0.3, -0.25) is 9.13 Å². The van der Waals surface area contributed by atoms with Crippen LogP contribution in [0, 0.1) is 0 Å². The van der Waals surface area contributed by atoms with Crippen LogP contribution in [0.1, 0.15) is 38.4 Å². The number of aromatic nitrogens is 2. The van der Waals surface area contributed by atoms with Crippen LogP contribution in [0.5, 0.6) is 0 Å². The van der Waals surface area contributed by atoms with E-state index in [9.17, 15) is 4.79 Å². The molecular weight excluding hydrogens is 226 g/mol. The van der Waals surface area contributed by atoms with E-state index in [1.54, 1.807) is 15.3 Å². The highest BCUT2D eigenvalue weighted by atomic mass is 16.1. The van der Waals surface area contributed by atoms with E-state index in [1.165, 1.54) is 0 Å². The average molecular weight is 245 g/mol. The van der Waals surface area contributed by atoms with Gasteiger partial charge in [-0.1, -0.05) is 18.2 Å². The van der Waals surface area contributed by atoms with Crippen molar-refractivity contribution in [2.45, 2.75) is 32.9 Å². The fourth-order valence-corrected chi connectivity index (χ4v) is 2.06. The summed E-state index contributed by atoms with van der Waals surface area (Å²) in [5.41, 5.74) is 7.75. The van der Waals surface area contributed by atoms with Gasteiger partial charge in [-0.2, -0.15) is 0 Å². The number of para-hydroxylation sites is 1. The van der Waals surface area contributed by atoms with Crippen molar-refractivity contribution in [2.24, 2.45) is 5.73 Å². The molecule has 2 rings (SSSR count). The van der Waals surface area contributed by atoms with Gasteiger partial charge < -0.3 is 5.73 Å². The summed E-state index contributed by atoms with van der Waals surface area (Å²) < 4.78 is 3.36. The van der Waals surface area contributed by atoms with Crippen molar-refractivity contribution in [3.8, 4) is 5.69 Å². The van der Waals surface area contributed by atoms with E-state index >= 15 is 0 Å². The molecular formula is C14H19N3O. The zero-order valence-corrected chi connectivity index (χ0v) is 11.0. The Kier molecular flexibility index (Phi) is 3.39. The van der Waals surface area contributed by atoms with Crippen LogP contribution in [-0.4, -0.2) is 9.13 Å². The summed E-state index contributed by atoms with van der Waals surface area (Å²) in [5, 5.41) is 0. The molecule has 1 aromatic heterocycles. The van der Waals surface area contributed by atoms with Gasteiger partial charge in [0.25, 0.3) is 0 Å². The summed E-state index contributed by atoms with van der Waals surface area (Å²) in [4.78, 5) is 12.3. The lowest BCUT2D eigenvalue weighted by atomic mass is 10.1. The number of rotatable bonds is 3. The van der Waals surface area contributed by atoms with Crippen molar-refractivity contribution >= 4 is 0 Å². The van der Waals surface area contributed by atoms with E-state index in [1.807, 2.05) is 51.2 Å². The smallest absolute Gasteiger partial charge is 0.324 e. The van der Waals surface area contributed by atoms with Gasteiger partial charge in [-0.05, 0) is 32.4 Å². The van der Waals surface area contributed by atoms with E-state index in [2.05, 4.69) is 0 Å². The van der Waals surface area contributed by atoms with Crippen molar-refractivity contribution in [1.82, 2.24) is 9.13 Å². The molecule has 2 aromatic rings. The van der Waals surface area contributed by atoms with Crippen LogP contribution in [0.3, 0.4) is 0 Å². The summed E-state index contributed by atoms with van der Waals surface area (Å²) >= 11 is 0. The molecule has 1 atom stereocenters. The zero-order valence-electron chi connectivity index (χ0n) is 11.0. The maximum atomic E-state index is 12.3. The second kappa shape index (κ2) is 4.82. The molecule has 0 aliphatic heterocycles. The molecule has 2 N–H and O–H groups in total. The maximum absolute atomic E-state index is 12.3. The maximum Gasteiger partial charge on any atom is 0.332 e. The Morgan fingerprint density at radius 1 is 1.11 bits per heavy atom. The van der Waals surface area contributed by atoms with Gasteiger partial charge in [0.15, 0.2) is 0 Å². The number of nitrogens with zero attached hydrogens (tertiary/aromatic N) is 2. The Labute approximate surface area is 107 Å². The molecule has 0 amide bonds. The van der Waals surface area contributed by atoms with E-state index in [0.717, 1.165) is 11.3 Å². The molecule has 4 heteroatoms. The van der Waals surface area contributed by atoms with Crippen LogP contribution < -0.4 is 11.4 Å². The molecule has 0 bridgehead atoms. The number of benzene rings is 1. The summed E-state index contributed by atoms with van der Waals surface area (Å²) in [6, 6.07) is 7.79. The summed E-state index contributed by atoms with van der Waals surface area (Å²) in [6.45, 7) is 5.90. The van der Waals surface area contributed by atoms with Crippen molar-refractivity contribution in [2.75, 3.05) is 0 Å². The molecule has 0 spiro atoms. The zero-order chi connectivity index (χ0) is 13.3. The van der Waals surface area contributed by atoms with Gasteiger partial charge in [0.1, 0.15) is 0 Å². The van der Waals surface area contributed by atoms with Crippen molar-refractivity contribution < 1.29 is 0 Å². The summed E-state index contributed by atoms with van der Waals surface area (Å²) in [7, 11) is 0. The van der Waals surface area contributed by atoms with E-state index in [4.69, 9.17) is 5.73 Å². The summed E-state index contributed by atoms with van der Waals surface area (Å²) in [6.07, 6.45) is 3.61. The number of imidazole rings is 1. The van der Waals surface area contributed by atoms with E-state index in [0.29, 0.717) is 0 Å². The average Bonchev–Trinajstić information content (AvgIpc) is 2.71. The van der Waals surface area contributed by atoms with Crippen LogP contribution >= 0.6 is 0 Å². The minimum Gasteiger partial charge on any atom is -0.324 e. The lowest BCUT2D eigenvalue weighted by Gasteiger charge is -2.12. The van der Waals surface area contributed by atoms with E-state index < -0.39 is 0 Å². The summed E-state index contributed by atoms with van der Waals surface area (Å²) in [5.74, 6) is 0. The molecule has 0 aliphatic carbocycles. The fourth-order valence-electron chi connectivity index (χ4n) is 2.06. The van der Waals surface area contributed by atoms with Gasteiger partial charge in [0.2, 0.25) is 0 Å². The molecule has 0 radical (unpaired) electrons. The highest BCUT2D eigenvalue weighted by Gasteiger charge is 2.12. The monoisotopic (exact) mass is 245 g/mol. The Bertz CT molecular complexity index is 593. The first-order chi connectivity index (χ1) is 8.52. The SMILES string of the molecule is CC(N)c1ccccc1-n1ccn(C(C)C)c1=O. The Balaban J connectivity index is 2.60. The molecule has 1 heterocycles. The second-order valence-corrected chi connectivity index (χ2v) is 4.80. The molecule has 96 valence electrons. The van der Waals surface area contributed by atoms with Crippen LogP contribution in [0.25, 0.3) is 5.69 Å². The Morgan fingerprint density at radius 2 is 1.78 bits per heavy atom. The molecule has 0 fully saturated rings. The van der Waals surface area contributed by atoms with Gasteiger partial charge in [0, 0.05) is 24.5 Å². The van der Waals surface area contributed by atoms with Crippen LogP contribution in [0.15, 0.2) is 41.5 Å². The second-order valence-electron chi connectivity index (χ2n) is 4.80. The third-order valence-electron chi connectivity index (χ3n) is 3.05. The topological polar surface area (TPSA) is 52.9 Å². The molecule has 1 unspecified atom stereocenters. The van der Waals surface area contributed by atoms with Crippen LogP contribution in [-0.2, 0) is 0 Å². The molecule has 1 aromatic carbocycles. The number of hydrogen-bond acceptors (Lipinski definition) is 2. The van der Waals surface area contributed by atoms with E-state index in [-0.39, 0.29) is 17.8 Å². The van der Waals surface area contributed by atoms with Crippen molar-refractivity contribution in [3.63, 3.8) is 0 Å². The predicted molar refractivity (Wildman–Crippen MR) is 73.0 cm³/mol. The van der Waals surface area contributed by atoms with Crippen LogP contribution in [0.4, 0.5) is 0 Å². The third kappa shape index (κ3) is 2.11. The predicted octanol–water partition coefficient (Wildman–Crippen LogP) is 2.24. The van der Waals surface area contributed by atoms with Crippen molar-refractivity contribution in [3.05, 3.63) is 52.7 Å². The fraction of sp³-hybridized carbons (Fsp3) is 0.357. The first-order valence-electron chi connectivity index (χ1n) is 6.16. The third-order valence-corrected chi connectivity index (χ3v) is 3.05. The molecule has 0 saturated carbocycles. The highest BCUT2D eigenvalue weighted by molar-refractivity contribution is 5.42. The first-order valence-corrected chi connectivity index (χ1v) is 6.16. The minimum absolute atomic E-state index is 0.0295. The van der Waals surface area contributed by atoms with Crippen molar-refractivity contribution in [1.29, 1.82) is 0 Å². The van der Waals surface area contributed by atoms with Gasteiger partial charge >= 0.3 is 5.69 Å². The largest absolute Gasteiger partial charge is 0.332 e. The normalized spacial score (nSPS) is 12.9. The molecule has 0 saturated heterocycles. The van der Waals surface area contributed by atoms with Crippen LogP contribution in [0.2, 0.25) is 0 Å². The highest BCUT2D eigenvalue weighted by Crippen LogP contribution is 2.18. The number of hydrogen-bond donors (Lipinski definition) is 1. The molecule has 18 heavy (non-hydrogen) atoms. The quantitative estimate of drug-likeness (QED) is 0.901.